The summed E-state index contributed by atoms with van der Waals surface area (Å²) in [5.74, 6) is 2.61. The van der Waals surface area contributed by atoms with Crippen molar-refractivity contribution in [1.29, 1.82) is 0 Å². The van der Waals surface area contributed by atoms with E-state index < -0.39 is 0 Å². The molecule has 3 rings (SSSR count). The molecule has 0 aliphatic carbocycles. The molecule has 1 saturated heterocycles. The van der Waals surface area contributed by atoms with Gasteiger partial charge in [-0.05, 0) is 36.4 Å². The molecule has 0 aromatic heterocycles. The fourth-order valence-electron chi connectivity index (χ4n) is 2.45. The number of hydrogen-bond donors (Lipinski definition) is 0. The van der Waals surface area contributed by atoms with Gasteiger partial charge >= 0.3 is 0 Å². The molecular formula is C21H17NO3S. The van der Waals surface area contributed by atoms with Crippen LogP contribution in [0, 0.1) is 19.3 Å². The molecule has 1 aliphatic heterocycles. The molecule has 1 aliphatic rings. The standard InChI is InChI=1S/C21H17NO3S/c1-3-12-22-20(23)19(26-21(22)24)13-17-6-4-5-7-18(17)25-14-16-10-8-15(2)9-11-16/h1,4-11,13H,12,14H2,2H3/b19-13+. The Morgan fingerprint density at radius 2 is 1.88 bits per heavy atom. The summed E-state index contributed by atoms with van der Waals surface area (Å²) in [6, 6.07) is 15.5. The van der Waals surface area contributed by atoms with Gasteiger partial charge in [0.1, 0.15) is 12.4 Å². The first-order valence-electron chi connectivity index (χ1n) is 8.04. The lowest BCUT2D eigenvalue weighted by atomic mass is 10.1. The van der Waals surface area contributed by atoms with Gasteiger partial charge in [-0.3, -0.25) is 14.5 Å². The van der Waals surface area contributed by atoms with Crippen LogP contribution < -0.4 is 4.74 Å². The van der Waals surface area contributed by atoms with Crippen molar-refractivity contribution >= 4 is 29.0 Å². The van der Waals surface area contributed by atoms with E-state index in [-0.39, 0.29) is 17.7 Å². The number of amides is 2. The summed E-state index contributed by atoms with van der Waals surface area (Å²) < 4.78 is 5.91. The molecule has 1 fully saturated rings. The second-order valence-corrected chi connectivity index (χ2v) is 6.78. The molecule has 1 heterocycles. The number of carbonyl (C=O) groups excluding carboxylic acids is 2. The number of hydrogen-bond acceptors (Lipinski definition) is 4. The summed E-state index contributed by atoms with van der Waals surface area (Å²) in [5, 5.41) is -0.350. The van der Waals surface area contributed by atoms with Crippen LogP contribution in [-0.4, -0.2) is 22.6 Å². The minimum atomic E-state index is -0.369. The van der Waals surface area contributed by atoms with Gasteiger partial charge < -0.3 is 4.74 Å². The van der Waals surface area contributed by atoms with Crippen LogP contribution in [0.1, 0.15) is 16.7 Å². The van der Waals surface area contributed by atoms with Crippen LogP contribution in [0.5, 0.6) is 5.75 Å². The van der Waals surface area contributed by atoms with Gasteiger partial charge in [-0.2, -0.15) is 0 Å². The van der Waals surface area contributed by atoms with Crippen LogP contribution in [0.25, 0.3) is 6.08 Å². The van der Waals surface area contributed by atoms with Crippen LogP contribution in [0.3, 0.4) is 0 Å². The highest BCUT2D eigenvalue weighted by Crippen LogP contribution is 2.33. The lowest BCUT2D eigenvalue weighted by Crippen LogP contribution is -2.28. The predicted octanol–water partition coefficient (Wildman–Crippen LogP) is 4.24. The summed E-state index contributed by atoms with van der Waals surface area (Å²) in [6.07, 6.45) is 6.89. The van der Waals surface area contributed by atoms with Crippen LogP contribution in [0.15, 0.2) is 53.4 Å². The summed E-state index contributed by atoms with van der Waals surface area (Å²) in [6.45, 7) is 2.43. The molecule has 0 saturated carbocycles. The Kier molecular flexibility index (Phi) is 5.45. The topological polar surface area (TPSA) is 46.6 Å². The molecule has 0 N–H and O–H groups in total. The minimum Gasteiger partial charge on any atom is -0.488 e. The number of rotatable bonds is 5. The van der Waals surface area contributed by atoms with E-state index in [1.54, 1.807) is 6.08 Å². The van der Waals surface area contributed by atoms with Crippen molar-refractivity contribution in [3.05, 3.63) is 70.1 Å². The van der Waals surface area contributed by atoms with Crippen LogP contribution in [-0.2, 0) is 11.4 Å². The zero-order chi connectivity index (χ0) is 18.5. The number of benzene rings is 2. The van der Waals surface area contributed by atoms with E-state index in [1.807, 2.05) is 55.5 Å². The van der Waals surface area contributed by atoms with Gasteiger partial charge in [-0.25, -0.2) is 0 Å². The number of carbonyl (C=O) groups is 2. The first kappa shape index (κ1) is 17.8. The number of para-hydroxylation sites is 1. The molecule has 130 valence electrons. The highest BCUT2D eigenvalue weighted by atomic mass is 32.2. The molecule has 0 unspecified atom stereocenters. The normalized spacial score (nSPS) is 15.4. The maximum atomic E-state index is 12.3. The van der Waals surface area contributed by atoms with E-state index in [1.165, 1.54) is 5.56 Å². The fourth-order valence-corrected chi connectivity index (χ4v) is 3.27. The van der Waals surface area contributed by atoms with Gasteiger partial charge in [0.25, 0.3) is 11.1 Å². The van der Waals surface area contributed by atoms with Crippen molar-refractivity contribution in [1.82, 2.24) is 4.90 Å². The fraction of sp³-hybridized carbons (Fsp3) is 0.143. The molecule has 26 heavy (non-hydrogen) atoms. The summed E-state index contributed by atoms with van der Waals surface area (Å²) in [7, 11) is 0. The average molecular weight is 363 g/mol. The van der Waals surface area contributed by atoms with Crippen molar-refractivity contribution in [2.24, 2.45) is 0 Å². The van der Waals surface area contributed by atoms with Crippen molar-refractivity contribution in [2.45, 2.75) is 13.5 Å². The predicted molar refractivity (Wildman–Crippen MR) is 103 cm³/mol. The second-order valence-electron chi connectivity index (χ2n) is 5.78. The highest BCUT2D eigenvalue weighted by Gasteiger charge is 2.34. The molecule has 0 atom stereocenters. The summed E-state index contributed by atoms with van der Waals surface area (Å²) >= 11 is 0.889. The van der Waals surface area contributed by atoms with E-state index in [4.69, 9.17) is 11.2 Å². The molecule has 2 amide bonds. The number of terminal acetylenes is 1. The van der Waals surface area contributed by atoms with Crippen molar-refractivity contribution < 1.29 is 14.3 Å². The summed E-state index contributed by atoms with van der Waals surface area (Å²) in [4.78, 5) is 25.6. The SMILES string of the molecule is C#CCN1C(=O)S/C(=C/c2ccccc2OCc2ccc(C)cc2)C1=O. The van der Waals surface area contributed by atoms with E-state index in [0.29, 0.717) is 17.3 Å². The van der Waals surface area contributed by atoms with Crippen molar-refractivity contribution in [3.8, 4) is 18.1 Å². The third kappa shape index (κ3) is 3.98. The third-order valence-corrected chi connectivity index (χ3v) is 4.75. The number of thioether (sulfide) groups is 1. The Bertz CT molecular complexity index is 910. The lowest BCUT2D eigenvalue weighted by molar-refractivity contribution is -0.122. The van der Waals surface area contributed by atoms with Crippen molar-refractivity contribution in [2.75, 3.05) is 6.54 Å². The van der Waals surface area contributed by atoms with Crippen LogP contribution in [0.2, 0.25) is 0 Å². The Hall–Kier alpha value is -2.97. The van der Waals surface area contributed by atoms with Gasteiger partial charge in [-0.15, -0.1) is 6.42 Å². The summed E-state index contributed by atoms with van der Waals surface area (Å²) in [5.41, 5.74) is 2.99. The highest BCUT2D eigenvalue weighted by molar-refractivity contribution is 8.18. The molecule has 2 aromatic rings. The molecule has 0 bridgehead atoms. The van der Waals surface area contributed by atoms with Crippen LogP contribution in [0.4, 0.5) is 4.79 Å². The lowest BCUT2D eigenvalue weighted by Gasteiger charge is -2.10. The van der Waals surface area contributed by atoms with E-state index in [2.05, 4.69) is 5.92 Å². The zero-order valence-corrected chi connectivity index (χ0v) is 15.1. The number of nitrogens with zero attached hydrogens (tertiary/aromatic N) is 1. The average Bonchev–Trinajstić information content (AvgIpc) is 2.90. The molecule has 0 spiro atoms. The first-order chi connectivity index (χ1) is 12.6. The quantitative estimate of drug-likeness (QED) is 0.589. The molecular weight excluding hydrogens is 346 g/mol. The maximum Gasteiger partial charge on any atom is 0.294 e. The van der Waals surface area contributed by atoms with Crippen LogP contribution >= 0.6 is 11.8 Å². The van der Waals surface area contributed by atoms with Gasteiger partial charge in [0.05, 0.1) is 11.4 Å². The van der Waals surface area contributed by atoms with Gasteiger partial charge in [-0.1, -0.05) is 53.9 Å². The van der Waals surface area contributed by atoms with Gasteiger partial charge in [0.2, 0.25) is 0 Å². The van der Waals surface area contributed by atoms with E-state index >= 15 is 0 Å². The van der Waals surface area contributed by atoms with Gasteiger partial charge in [0.15, 0.2) is 0 Å². The molecule has 5 heteroatoms. The number of aryl methyl sites for hydroxylation is 1. The molecule has 0 radical (unpaired) electrons. The third-order valence-electron chi connectivity index (χ3n) is 3.84. The molecule has 4 nitrogen and oxygen atoms in total. The van der Waals surface area contributed by atoms with Gasteiger partial charge in [0, 0.05) is 5.56 Å². The maximum absolute atomic E-state index is 12.3. The Morgan fingerprint density at radius 3 is 2.62 bits per heavy atom. The zero-order valence-electron chi connectivity index (χ0n) is 14.3. The Balaban J connectivity index is 1.79. The number of ether oxygens (including phenoxy) is 1. The molecule has 2 aromatic carbocycles. The minimum absolute atomic E-state index is 0.0203. The smallest absolute Gasteiger partial charge is 0.294 e. The van der Waals surface area contributed by atoms with E-state index in [0.717, 1.165) is 27.8 Å². The monoisotopic (exact) mass is 363 g/mol. The largest absolute Gasteiger partial charge is 0.488 e. The first-order valence-corrected chi connectivity index (χ1v) is 8.86. The Morgan fingerprint density at radius 1 is 1.15 bits per heavy atom. The number of imide groups is 1. The van der Waals surface area contributed by atoms with Crippen molar-refractivity contribution in [3.63, 3.8) is 0 Å². The van der Waals surface area contributed by atoms with E-state index in [9.17, 15) is 9.59 Å². The Labute approximate surface area is 156 Å². The second kappa shape index (κ2) is 7.94.